The van der Waals surface area contributed by atoms with Crippen molar-refractivity contribution in [2.45, 2.75) is 18.9 Å². The summed E-state index contributed by atoms with van der Waals surface area (Å²) in [7, 11) is 3.89. The van der Waals surface area contributed by atoms with Gasteiger partial charge in [-0.25, -0.2) is 4.79 Å². The Hall–Kier alpha value is -0.810. The van der Waals surface area contributed by atoms with E-state index in [2.05, 4.69) is 22.2 Å². The molecule has 2 saturated heterocycles. The van der Waals surface area contributed by atoms with Crippen LogP contribution in [0.15, 0.2) is 0 Å². The summed E-state index contributed by atoms with van der Waals surface area (Å²) in [5, 5.41) is 2.70. The van der Waals surface area contributed by atoms with Gasteiger partial charge in [0.05, 0.1) is 0 Å². The van der Waals surface area contributed by atoms with Gasteiger partial charge in [0.15, 0.2) is 0 Å². The SMILES string of the molecule is CNC(=O)N1CCN(C2CCN(C)CC2)CC1. The number of hydrogen-bond donors (Lipinski definition) is 1. The lowest BCUT2D eigenvalue weighted by Gasteiger charge is -2.42. The highest BCUT2D eigenvalue weighted by molar-refractivity contribution is 5.73. The van der Waals surface area contributed by atoms with Crippen LogP contribution in [0.25, 0.3) is 0 Å². The van der Waals surface area contributed by atoms with E-state index in [4.69, 9.17) is 0 Å². The molecular formula is C12H24N4O. The molecule has 2 rings (SSSR count). The second-order valence-corrected chi connectivity index (χ2v) is 5.11. The molecule has 5 nitrogen and oxygen atoms in total. The average Bonchev–Trinajstić information content (AvgIpc) is 2.39. The third-order valence-corrected chi connectivity index (χ3v) is 4.02. The van der Waals surface area contributed by atoms with Crippen molar-refractivity contribution in [3.63, 3.8) is 0 Å². The van der Waals surface area contributed by atoms with Crippen LogP contribution < -0.4 is 5.32 Å². The van der Waals surface area contributed by atoms with E-state index in [9.17, 15) is 4.79 Å². The Morgan fingerprint density at radius 3 is 2.18 bits per heavy atom. The number of hydrogen-bond acceptors (Lipinski definition) is 3. The van der Waals surface area contributed by atoms with E-state index in [0.29, 0.717) is 0 Å². The van der Waals surface area contributed by atoms with Crippen LogP contribution in [-0.2, 0) is 0 Å². The largest absolute Gasteiger partial charge is 0.341 e. The van der Waals surface area contributed by atoms with Gasteiger partial charge in [-0.05, 0) is 33.0 Å². The molecule has 98 valence electrons. The molecule has 0 unspecified atom stereocenters. The number of rotatable bonds is 1. The third-order valence-electron chi connectivity index (χ3n) is 4.02. The molecule has 17 heavy (non-hydrogen) atoms. The first kappa shape index (κ1) is 12.6. The number of urea groups is 1. The molecule has 0 aromatic carbocycles. The lowest BCUT2D eigenvalue weighted by atomic mass is 10.0. The summed E-state index contributed by atoms with van der Waals surface area (Å²) in [4.78, 5) is 18.4. The van der Waals surface area contributed by atoms with Crippen LogP contribution in [0, 0.1) is 0 Å². The topological polar surface area (TPSA) is 38.8 Å². The number of amides is 2. The smallest absolute Gasteiger partial charge is 0.317 e. The fourth-order valence-corrected chi connectivity index (χ4v) is 2.81. The highest BCUT2D eigenvalue weighted by Crippen LogP contribution is 2.17. The molecule has 0 aliphatic carbocycles. The van der Waals surface area contributed by atoms with Crippen LogP contribution in [0.1, 0.15) is 12.8 Å². The van der Waals surface area contributed by atoms with Gasteiger partial charge in [0.25, 0.3) is 0 Å². The predicted molar refractivity (Wildman–Crippen MR) is 68.1 cm³/mol. The van der Waals surface area contributed by atoms with Gasteiger partial charge < -0.3 is 15.1 Å². The summed E-state index contributed by atoms with van der Waals surface area (Å²) in [6.07, 6.45) is 2.55. The minimum Gasteiger partial charge on any atom is -0.341 e. The van der Waals surface area contributed by atoms with Gasteiger partial charge in [-0.2, -0.15) is 0 Å². The Morgan fingerprint density at radius 2 is 1.65 bits per heavy atom. The van der Waals surface area contributed by atoms with E-state index < -0.39 is 0 Å². The predicted octanol–water partition coefficient (Wildman–Crippen LogP) is 0.0376. The van der Waals surface area contributed by atoms with Crippen LogP contribution in [0.5, 0.6) is 0 Å². The molecule has 0 spiro atoms. The van der Waals surface area contributed by atoms with Crippen LogP contribution >= 0.6 is 0 Å². The molecule has 2 aliphatic rings. The second kappa shape index (κ2) is 5.69. The van der Waals surface area contributed by atoms with Crippen molar-refractivity contribution in [1.29, 1.82) is 0 Å². The van der Waals surface area contributed by atoms with Crippen molar-refractivity contribution in [3.05, 3.63) is 0 Å². The number of carbonyl (C=O) groups is 1. The molecular weight excluding hydrogens is 216 g/mol. The molecule has 0 saturated carbocycles. The molecule has 0 aromatic rings. The summed E-state index contributed by atoms with van der Waals surface area (Å²) in [5.74, 6) is 0. The molecule has 2 aliphatic heterocycles. The fourth-order valence-electron chi connectivity index (χ4n) is 2.81. The Kier molecular flexibility index (Phi) is 4.23. The molecule has 0 aromatic heterocycles. The van der Waals surface area contributed by atoms with Crippen molar-refractivity contribution >= 4 is 6.03 Å². The zero-order valence-corrected chi connectivity index (χ0v) is 11.0. The molecule has 0 bridgehead atoms. The van der Waals surface area contributed by atoms with Crippen LogP contribution in [0.2, 0.25) is 0 Å². The first-order valence-electron chi connectivity index (χ1n) is 6.60. The molecule has 5 heteroatoms. The average molecular weight is 240 g/mol. The van der Waals surface area contributed by atoms with Crippen LogP contribution in [0.4, 0.5) is 4.79 Å². The summed E-state index contributed by atoms with van der Waals surface area (Å²) in [5.41, 5.74) is 0. The van der Waals surface area contributed by atoms with E-state index in [-0.39, 0.29) is 6.03 Å². The first-order valence-corrected chi connectivity index (χ1v) is 6.60. The van der Waals surface area contributed by atoms with Gasteiger partial charge in [0.2, 0.25) is 0 Å². The molecule has 1 N–H and O–H groups in total. The Bertz CT molecular complexity index is 255. The third kappa shape index (κ3) is 3.10. The maximum atomic E-state index is 11.5. The van der Waals surface area contributed by atoms with E-state index >= 15 is 0 Å². The van der Waals surface area contributed by atoms with Crippen molar-refractivity contribution in [3.8, 4) is 0 Å². The highest BCUT2D eigenvalue weighted by atomic mass is 16.2. The minimum absolute atomic E-state index is 0.0630. The normalized spacial score (nSPS) is 24.9. The second-order valence-electron chi connectivity index (χ2n) is 5.11. The lowest BCUT2D eigenvalue weighted by Crippen LogP contribution is -2.55. The van der Waals surface area contributed by atoms with Crippen LogP contribution in [0.3, 0.4) is 0 Å². The molecule has 2 heterocycles. The Labute approximate surface area is 104 Å². The van der Waals surface area contributed by atoms with E-state index in [1.165, 1.54) is 25.9 Å². The number of nitrogens with one attached hydrogen (secondary N) is 1. The summed E-state index contributed by atoms with van der Waals surface area (Å²) >= 11 is 0. The van der Waals surface area contributed by atoms with Gasteiger partial charge in [0.1, 0.15) is 0 Å². The summed E-state index contributed by atoms with van der Waals surface area (Å²) < 4.78 is 0. The van der Waals surface area contributed by atoms with Crippen molar-refractivity contribution < 1.29 is 4.79 Å². The van der Waals surface area contributed by atoms with Crippen molar-refractivity contribution in [2.75, 3.05) is 53.4 Å². The minimum atomic E-state index is 0.0630. The van der Waals surface area contributed by atoms with E-state index in [0.717, 1.165) is 32.2 Å². The van der Waals surface area contributed by atoms with E-state index in [1.54, 1.807) is 7.05 Å². The van der Waals surface area contributed by atoms with E-state index in [1.807, 2.05) is 4.90 Å². The molecule has 0 atom stereocenters. The standard InChI is InChI=1S/C12H24N4O/c1-13-12(17)16-9-7-15(8-10-16)11-3-5-14(2)6-4-11/h11H,3-10H2,1-2H3,(H,13,17). The van der Waals surface area contributed by atoms with Crippen molar-refractivity contribution in [1.82, 2.24) is 20.0 Å². The quantitative estimate of drug-likeness (QED) is 0.703. The number of carbonyl (C=O) groups excluding carboxylic acids is 1. The zero-order chi connectivity index (χ0) is 12.3. The zero-order valence-electron chi connectivity index (χ0n) is 11.0. The monoisotopic (exact) mass is 240 g/mol. The summed E-state index contributed by atoms with van der Waals surface area (Å²) in [6.45, 7) is 6.21. The van der Waals surface area contributed by atoms with Gasteiger partial charge >= 0.3 is 6.03 Å². The number of piperazine rings is 1. The van der Waals surface area contributed by atoms with Crippen LogP contribution in [-0.4, -0.2) is 80.1 Å². The first-order chi connectivity index (χ1) is 8.20. The number of nitrogens with zero attached hydrogens (tertiary/aromatic N) is 3. The van der Waals surface area contributed by atoms with Gasteiger partial charge in [0, 0.05) is 39.3 Å². The van der Waals surface area contributed by atoms with Gasteiger partial charge in [-0.15, -0.1) is 0 Å². The molecule has 2 fully saturated rings. The lowest BCUT2D eigenvalue weighted by molar-refractivity contribution is 0.0753. The maximum absolute atomic E-state index is 11.5. The molecule has 0 radical (unpaired) electrons. The number of piperidine rings is 1. The molecule has 2 amide bonds. The number of likely N-dealkylation sites (tertiary alicyclic amines) is 1. The highest BCUT2D eigenvalue weighted by Gasteiger charge is 2.27. The summed E-state index contributed by atoms with van der Waals surface area (Å²) in [6, 6.07) is 0.797. The Morgan fingerprint density at radius 1 is 1.06 bits per heavy atom. The van der Waals surface area contributed by atoms with Crippen molar-refractivity contribution in [2.24, 2.45) is 0 Å². The fraction of sp³-hybridized carbons (Fsp3) is 0.917. The van der Waals surface area contributed by atoms with Gasteiger partial charge in [-0.1, -0.05) is 0 Å². The van der Waals surface area contributed by atoms with Gasteiger partial charge in [-0.3, -0.25) is 4.90 Å². The maximum Gasteiger partial charge on any atom is 0.317 e. The Balaban J connectivity index is 1.77.